The van der Waals surface area contributed by atoms with Crippen LogP contribution in [0.5, 0.6) is 11.5 Å². The van der Waals surface area contributed by atoms with Crippen LogP contribution in [0.2, 0.25) is 0 Å². The number of benzene rings is 2. The number of hydrogen-bond donors (Lipinski definition) is 2. The minimum atomic E-state index is -0.256. The van der Waals surface area contributed by atoms with Crippen molar-refractivity contribution in [2.24, 2.45) is 0 Å². The summed E-state index contributed by atoms with van der Waals surface area (Å²) in [7, 11) is 0. The molecule has 0 saturated carbocycles. The molecule has 8 heteroatoms. The molecule has 0 unspecified atom stereocenters. The Morgan fingerprint density at radius 1 is 1.14 bits per heavy atom. The molecule has 3 aromatic rings. The molecule has 1 amide bonds. The highest BCUT2D eigenvalue weighted by atomic mass is 32.2. The number of nitrogens with one attached hydrogen (secondary N) is 2. The lowest BCUT2D eigenvalue weighted by Gasteiger charge is -2.08. The molecule has 0 radical (unpaired) electrons. The maximum Gasteiger partial charge on any atom is 0.343 e. The summed E-state index contributed by atoms with van der Waals surface area (Å²) in [4.78, 5) is 23.8. The Kier molecular flexibility index (Phi) is 6.54. The Hall–Kier alpha value is -3.00. The number of nitrogens with zero attached hydrogens (tertiary/aromatic N) is 2. The van der Waals surface area contributed by atoms with Gasteiger partial charge in [0.15, 0.2) is 5.16 Å². The SMILES string of the molecule is CCCn1c(SCC(=O)Nc2ccc(Oc3ccc(C)cc3)cc2)n[nH]c1=O. The monoisotopic (exact) mass is 398 g/mol. The topological polar surface area (TPSA) is 89.0 Å². The number of rotatable bonds is 8. The van der Waals surface area contributed by atoms with Crippen LogP contribution in [0, 0.1) is 6.92 Å². The molecule has 2 aromatic carbocycles. The molecule has 0 aliphatic carbocycles. The van der Waals surface area contributed by atoms with Crippen molar-refractivity contribution in [1.82, 2.24) is 14.8 Å². The fraction of sp³-hybridized carbons (Fsp3) is 0.250. The number of amides is 1. The van der Waals surface area contributed by atoms with Crippen molar-refractivity contribution in [2.75, 3.05) is 11.1 Å². The smallest absolute Gasteiger partial charge is 0.343 e. The predicted octanol–water partition coefficient (Wildman–Crippen LogP) is 3.81. The largest absolute Gasteiger partial charge is 0.457 e. The molecule has 146 valence electrons. The van der Waals surface area contributed by atoms with E-state index in [0.717, 1.165) is 12.2 Å². The third-order valence-corrected chi connectivity index (χ3v) is 4.87. The van der Waals surface area contributed by atoms with Gasteiger partial charge >= 0.3 is 5.69 Å². The summed E-state index contributed by atoms with van der Waals surface area (Å²) >= 11 is 1.23. The van der Waals surface area contributed by atoms with Crippen molar-refractivity contribution < 1.29 is 9.53 Å². The molecular formula is C20H22N4O3S. The van der Waals surface area contributed by atoms with Crippen LogP contribution < -0.4 is 15.7 Å². The lowest BCUT2D eigenvalue weighted by molar-refractivity contribution is -0.113. The van der Waals surface area contributed by atoms with E-state index in [2.05, 4.69) is 15.5 Å². The highest BCUT2D eigenvalue weighted by Gasteiger charge is 2.11. The lowest BCUT2D eigenvalue weighted by Crippen LogP contribution is -2.18. The standard InChI is InChI=1S/C20H22N4O3S/c1-3-12-24-19(26)22-23-20(24)28-13-18(25)21-15-6-10-17(11-7-15)27-16-8-4-14(2)5-9-16/h4-11H,3,12-13H2,1-2H3,(H,21,25)(H,22,26). The number of carbonyl (C=O) groups excluding carboxylic acids is 1. The van der Waals surface area contributed by atoms with E-state index in [1.807, 2.05) is 38.1 Å². The second kappa shape index (κ2) is 9.27. The van der Waals surface area contributed by atoms with Gasteiger partial charge in [0.05, 0.1) is 5.75 Å². The van der Waals surface area contributed by atoms with Crippen LogP contribution in [0.25, 0.3) is 0 Å². The number of carbonyl (C=O) groups is 1. The van der Waals surface area contributed by atoms with Gasteiger partial charge in [-0.25, -0.2) is 9.89 Å². The molecule has 3 rings (SSSR count). The summed E-state index contributed by atoms with van der Waals surface area (Å²) in [5.74, 6) is 1.44. The first-order valence-electron chi connectivity index (χ1n) is 8.97. The molecule has 0 aliphatic heterocycles. The van der Waals surface area contributed by atoms with E-state index in [9.17, 15) is 9.59 Å². The fourth-order valence-electron chi connectivity index (χ4n) is 2.51. The number of aromatic amines is 1. The van der Waals surface area contributed by atoms with E-state index in [1.165, 1.54) is 21.9 Å². The Balaban J connectivity index is 1.53. The Labute approximate surface area is 167 Å². The van der Waals surface area contributed by atoms with Gasteiger partial charge in [0.2, 0.25) is 5.91 Å². The summed E-state index contributed by atoms with van der Waals surface area (Å²) in [6, 6.07) is 15.0. The third kappa shape index (κ3) is 5.26. The quantitative estimate of drug-likeness (QED) is 0.563. The number of thioether (sulfide) groups is 1. The third-order valence-electron chi connectivity index (χ3n) is 3.90. The van der Waals surface area contributed by atoms with Gasteiger partial charge in [-0.15, -0.1) is 5.10 Å². The number of anilines is 1. The zero-order chi connectivity index (χ0) is 19.9. The molecule has 28 heavy (non-hydrogen) atoms. The van der Waals surface area contributed by atoms with Crippen LogP contribution in [0.1, 0.15) is 18.9 Å². The van der Waals surface area contributed by atoms with Gasteiger partial charge in [-0.1, -0.05) is 36.4 Å². The van der Waals surface area contributed by atoms with Crippen molar-refractivity contribution in [3.8, 4) is 11.5 Å². The first kappa shape index (κ1) is 19.8. The van der Waals surface area contributed by atoms with Gasteiger partial charge in [0.25, 0.3) is 0 Å². The minimum absolute atomic E-state index is 0.162. The van der Waals surface area contributed by atoms with E-state index < -0.39 is 0 Å². The molecular weight excluding hydrogens is 376 g/mol. The molecule has 1 aromatic heterocycles. The molecule has 1 heterocycles. The summed E-state index contributed by atoms with van der Waals surface area (Å²) < 4.78 is 7.31. The van der Waals surface area contributed by atoms with Crippen molar-refractivity contribution >= 4 is 23.4 Å². The normalized spacial score (nSPS) is 10.6. The molecule has 2 N–H and O–H groups in total. The van der Waals surface area contributed by atoms with Crippen molar-refractivity contribution in [3.63, 3.8) is 0 Å². The Bertz CT molecular complexity index is 978. The average Bonchev–Trinajstić information content (AvgIpc) is 3.04. The van der Waals surface area contributed by atoms with Gasteiger partial charge in [-0.3, -0.25) is 9.36 Å². The Morgan fingerprint density at radius 3 is 2.43 bits per heavy atom. The average molecular weight is 398 g/mol. The number of aromatic nitrogens is 3. The molecule has 0 bridgehead atoms. The maximum atomic E-state index is 12.2. The van der Waals surface area contributed by atoms with Crippen LogP contribution >= 0.6 is 11.8 Å². The van der Waals surface area contributed by atoms with E-state index >= 15 is 0 Å². The predicted molar refractivity (Wildman–Crippen MR) is 110 cm³/mol. The van der Waals surface area contributed by atoms with Crippen LogP contribution in [0.15, 0.2) is 58.5 Å². The lowest BCUT2D eigenvalue weighted by atomic mass is 10.2. The second-order valence-electron chi connectivity index (χ2n) is 6.24. The first-order valence-corrected chi connectivity index (χ1v) is 9.96. The van der Waals surface area contributed by atoms with E-state index in [4.69, 9.17) is 4.74 Å². The highest BCUT2D eigenvalue weighted by Crippen LogP contribution is 2.23. The molecule has 0 saturated heterocycles. The number of aryl methyl sites for hydroxylation is 1. The van der Waals surface area contributed by atoms with Gasteiger partial charge in [0.1, 0.15) is 11.5 Å². The van der Waals surface area contributed by atoms with Crippen LogP contribution in [0.4, 0.5) is 5.69 Å². The molecule has 0 fully saturated rings. The summed E-state index contributed by atoms with van der Waals surface area (Å²) in [5.41, 5.74) is 1.59. The van der Waals surface area contributed by atoms with E-state index in [0.29, 0.717) is 23.1 Å². The molecule has 0 atom stereocenters. The van der Waals surface area contributed by atoms with Gasteiger partial charge in [0, 0.05) is 12.2 Å². The number of hydrogen-bond acceptors (Lipinski definition) is 5. The fourth-order valence-corrected chi connectivity index (χ4v) is 3.28. The molecule has 0 aliphatic rings. The van der Waals surface area contributed by atoms with Gasteiger partial charge in [-0.05, 0) is 49.7 Å². The Morgan fingerprint density at radius 2 is 1.79 bits per heavy atom. The van der Waals surface area contributed by atoms with E-state index in [-0.39, 0.29) is 17.3 Å². The molecule has 7 nitrogen and oxygen atoms in total. The minimum Gasteiger partial charge on any atom is -0.457 e. The van der Waals surface area contributed by atoms with Crippen LogP contribution in [0.3, 0.4) is 0 Å². The number of H-pyrrole nitrogens is 1. The number of ether oxygens (including phenoxy) is 1. The highest BCUT2D eigenvalue weighted by molar-refractivity contribution is 7.99. The second-order valence-corrected chi connectivity index (χ2v) is 7.18. The van der Waals surface area contributed by atoms with Crippen LogP contribution in [-0.2, 0) is 11.3 Å². The van der Waals surface area contributed by atoms with E-state index in [1.54, 1.807) is 24.3 Å². The molecule has 0 spiro atoms. The summed E-state index contributed by atoms with van der Waals surface area (Å²) in [6.45, 7) is 4.57. The zero-order valence-electron chi connectivity index (χ0n) is 15.8. The van der Waals surface area contributed by atoms with Gasteiger partial charge < -0.3 is 10.1 Å². The van der Waals surface area contributed by atoms with Gasteiger partial charge in [-0.2, -0.15) is 0 Å². The summed E-state index contributed by atoms with van der Waals surface area (Å²) in [5, 5.41) is 9.72. The first-order chi connectivity index (χ1) is 13.5. The van der Waals surface area contributed by atoms with Crippen LogP contribution in [-0.4, -0.2) is 26.4 Å². The zero-order valence-corrected chi connectivity index (χ0v) is 16.6. The van der Waals surface area contributed by atoms with Crippen molar-refractivity contribution in [1.29, 1.82) is 0 Å². The van der Waals surface area contributed by atoms with Crippen molar-refractivity contribution in [2.45, 2.75) is 32.0 Å². The van der Waals surface area contributed by atoms with Crippen molar-refractivity contribution in [3.05, 3.63) is 64.6 Å². The summed E-state index contributed by atoms with van der Waals surface area (Å²) in [6.07, 6.45) is 0.816. The maximum absolute atomic E-state index is 12.2.